The number of para-hydroxylation sites is 2. The van der Waals surface area contributed by atoms with Crippen molar-refractivity contribution in [1.29, 1.82) is 0 Å². The Morgan fingerprint density at radius 3 is 2.40 bits per heavy atom. The summed E-state index contributed by atoms with van der Waals surface area (Å²) >= 11 is 0. The van der Waals surface area contributed by atoms with Crippen molar-refractivity contribution in [3.05, 3.63) is 203 Å². The van der Waals surface area contributed by atoms with Crippen molar-refractivity contribution in [1.82, 2.24) is 14.9 Å². The smallest absolute Gasteiger partial charge is 0.0962 e. The van der Waals surface area contributed by atoms with Crippen molar-refractivity contribution in [2.24, 2.45) is 4.99 Å². The van der Waals surface area contributed by atoms with E-state index in [1.54, 1.807) is 0 Å². The van der Waals surface area contributed by atoms with Crippen LogP contribution in [0, 0.1) is 0 Å². The van der Waals surface area contributed by atoms with Gasteiger partial charge in [0, 0.05) is 57.0 Å². The Morgan fingerprint density at radius 2 is 1.54 bits per heavy atom. The van der Waals surface area contributed by atoms with Gasteiger partial charge in [0.05, 0.1) is 46.1 Å². The fourth-order valence-electron chi connectivity index (χ4n) is 11.1. The molecule has 0 saturated heterocycles. The van der Waals surface area contributed by atoms with Crippen LogP contribution in [0.25, 0.3) is 49.5 Å². The molecule has 2 aromatic heterocycles. The van der Waals surface area contributed by atoms with Crippen LogP contribution in [0.5, 0.6) is 0 Å². The lowest BCUT2D eigenvalue weighted by Crippen LogP contribution is -2.33. The Labute approximate surface area is 369 Å². The van der Waals surface area contributed by atoms with Crippen molar-refractivity contribution in [3.8, 4) is 5.69 Å². The third kappa shape index (κ3) is 6.12. The van der Waals surface area contributed by atoms with Gasteiger partial charge in [-0.15, -0.1) is 0 Å². The minimum atomic E-state index is -0.312. The van der Waals surface area contributed by atoms with Crippen molar-refractivity contribution in [3.63, 3.8) is 0 Å². The van der Waals surface area contributed by atoms with Gasteiger partial charge in [-0.25, -0.2) is 0 Å². The average molecular weight is 818 g/mol. The zero-order valence-corrected chi connectivity index (χ0v) is 36.3. The maximum atomic E-state index is 5.93. The summed E-state index contributed by atoms with van der Waals surface area (Å²) in [6, 6.07) is 49.2. The SMILES string of the molecule is CC1CCCCN(c2cncc(C3NC4=C(N=C3c3cccc5c3c3ccccc3n5-c3ccccc3)C(C)(C)c3ccc(C5=CC=CCC5)cc34)c2)c2cc3ccccc3cc21. The van der Waals surface area contributed by atoms with Crippen LogP contribution in [0.2, 0.25) is 0 Å². The highest BCUT2D eigenvalue weighted by molar-refractivity contribution is 6.23. The number of nitrogens with zero attached hydrogens (tertiary/aromatic N) is 4. The summed E-state index contributed by atoms with van der Waals surface area (Å²) in [4.78, 5) is 13.6. The number of aromatic nitrogens is 2. The van der Waals surface area contributed by atoms with Crippen LogP contribution in [0.1, 0.15) is 98.2 Å². The van der Waals surface area contributed by atoms with Gasteiger partial charge in [-0.1, -0.05) is 130 Å². The summed E-state index contributed by atoms with van der Waals surface area (Å²) in [5.74, 6) is 0.460. The third-order valence-corrected chi connectivity index (χ3v) is 14.3. The molecule has 0 bridgehead atoms. The summed E-state index contributed by atoms with van der Waals surface area (Å²) in [6.07, 6.45) is 16.5. The van der Waals surface area contributed by atoms with Crippen LogP contribution in [0.3, 0.4) is 0 Å². The summed E-state index contributed by atoms with van der Waals surface area (Å²) in [5.41, 5.74) is 17.7. The molecule has 2 aliphatic carbocycles. The Kier molecular flexibility index (Phi) is 8.89. The van der Waals surface area contributed by atoms with Crippen molar-refractivity contribution < 1.29 is 0 Å². The number of anilines is 2. The summed E-state index contributed by atoms with van der Waals surface area (Å²) in [5, 5.41) is 9.22. The van der Waals surface area contributed by atoms with E-state index in [0.29, 0.717) is 5.92 Å². The van der Waals surface area contributed by atoms with Crippen molar-refractivity contribution in [2.45, 2.75) is 70.3 Å². The number of benzene rings is 6. The molecule has 5 nitrogen and oxygen atoms in total. The van der Waals surface area contributed by atoms with Gasteiger partial charge in [0.2, 0.25) is 0 Å². The van der Waals surface area contributed by atoms with Crippen LogP contribution in [-0.2, 0) is 5.41 Å². The van der Waals surface area contributed by atoms with E-state index in [9.17, 15) is 0 Å². The van der Waals surface area contributed by atoms with Gasteiger partial charge in [0.25, 0.3) is 0 Å². The van der Waals surface area contributed by atoms with Crippen LogP contribution in [0.4, 0.5) is 11.4 Å². The van der Waals surface area contributed by atoms with E-state index in [1.807, 2.05) is 0 Å². The van der Waals surface area contributed by atoms with E-state index in [1.165, 1.54) is 78.9 Å². The van der Waals surface area contributed by atoms with E-state index in [2.05, 4.69) is 200 Å². The van der Waals surface area contributed by atoms with Crippen LogP contribution < -0.4 is 10.2 Å². The van der Waals surface area contributed by atoms with E-state index >= 15 is 0 Å². The lowest BCUT2D eigenvalue weighted by molar-refractivity contribution is 0.591. The van der Waals surface area contributed by atoms with E-state index in [-0.39, 0.29) is 11.5 Å². The zero-order valence-electron chi connectivity index (χ0n) is 36.3. The Bertz CT molecular complexity index is 3270. The normalized spacial score (nSPS) is 19.3. The van der Waals surface area contributed by atoms with E-state index in [4.69, 9.17) is 9.98 Å². The molecule has 12 rings (SSSR count). The van der Waals surface area contributed by atoms with E-state index < -0.39 is 0 Å². The molecule has 1 N–H and O–H groups in total. The summed E-state index contributed by atoms with van der Waals surface area (Å²) < 4.78 is 2.41. The minimum absolute atomic E-state index is 0.271. The number of hydrogen-bond donors (Lipinski definition) is 1. The van der Waals surface area contributed by atoms with Gasteiger partial charge in [0.1, 0.15) is 0 Å². The highest BCUT2D eigenvalue weighted by atomic mass is 15.1. The molecule has 0 spiro atoms. The first-order valence-corrected chi connectivity index (χ1v) is 22.9. The van der Waals surface area contributed by atoms with Crippen LogP contribution >= 0.6 is 0 Å². The van der Waals surface area contributed by atoms with Gasteiger partial charge in [-0.05, 0) is 113 Å². The lowest BCUT2D eigenvalue weighted by atomic mass is 9.83. The van der Waals surface area contributed by atoms with Gasteiger partial charge < -0.3 is 14.8 Å². The predicted molar refractivity (Wildman–Crippen MR) is 263 cm³/mol. The van der Waals surface area contributed by atoms with Gasteiger partial charge in [-0.2, -0.15) is 0 Å². The first-order chi connectivity index (χ1) is 30.9. The molecule has 2 unspecified atom stereocenters. The van der Waals surface area contributed by atoms with Crippen LogP contribution in [0.15, 0.2) is 175 Å². The highest BCUT2D eigenvalue weighted by Crippen LogP contribution is 2.51. The number of rotatable bonds is 5. The first-order valence-electron chi connectivity index (χ1n) is 22.9. The summed E-state index contributed by atoms with van der Waals surface area (Å²) in [7, 11) is 0. The lowest BCUT2D eigenvalue weighted by Gasteiger charge is -2.33. The number of hydrogen-bond acceptors (Lipinski definition) is 4. The number of pyridine rings is 1. The number of fused-ring (bicyclic) bond motifs is 7. The molecule has 4 heterocycles. The standard InChI is InChI=1S/C58H51N5/c1-37-17-14-15-30-62(52-34-40-21-11-10-20-39(40)32-47(37)52)44-31-42(35-59-36-44)54-55(46-25-16-27-51-53(46)45-24-12-13-26-50(45)63(51)43-22-8-5-9-23-43)61-57-56(60-54)48-33-41(38-18-6-4-7-19-38)28-29-49(48)58(57,2)3/h4-6,8-13,16,18,20-29,31-37,54,60H,7,14-15,17,19,30H2,1-3H3. The third-order valence-electron chi connectivity index (χ3n) is 14.3. The van der Waals surface area contributed by atoms with Crippen molar-refractivity contribution in [2.75, 3.05) is 11.4 Å². The largest absolute Gasteiger partial charge is 0.371 e. The molecule has 0 radical (unpaired) electrons. The first kappa shape index (κ1) is 37.8. The van der Waals surface area contributed by atoms with Crippen molar-refractivity contribution >= 4 is 60.9 Å². The Balaban J connectivity index is 1.07. The second kappa shape index (κ2) is 14.8. The molecule has 308 valence electrons. The molecule has 0 amide bonds. The number of nitrogens with one attached hydrogen (secondary N) is 1. The molecule has 5 heteroatoms. The average Bonchev–Trinajstić information content (AvgIpc) is 3.78. The monoisotopic (exact) mass is 817 g/mol. The molecular formula is C58H51N5. The molecule has 8 aromatic rings. The fraction of sp³-hybridized carbons (Fsp3) is 0.207. The molecule has 2 atom stereocenters. The minimum Gasteiger partial charge on any atom is -0.371 e. The molecular weight excluding hydrogens is 767 g/mol. The second-order valence-electron chi connectivity index (χ2n) is 18.5. The predicted octanol–water partition coefficient (Wildman–Crippen LogP) is 14.3. The fourth-order valence-corrected chi connectivity index (χ4v) is 11.1. The summed E-state index contributed by atoms with van der Waals surface area (Å²) in [6.45, 7) is 8.02. The zero-order chi connectivity index (χ0) is 42.2. The quantitative estimate of drug-likeness (QED) is 0.188. The number of allylic oxidation sites excluding steroid dienone is 5. The topological polar surface area (TPSA) is 45.5 Å². The molecule has 2 aliphatic heterocycles. The Morgan fingerprint density at radius 1 is 0.730 bits per heavy atom. The molecule has 0 fully saturated rings. The van der Waals surface area contributed by atoms with Gasteiger partial charge in [0.15, 0.2) is 0 Å². The van der Waals surface area contributed by atoms with Gasteiger partial charge >= 0.3 is 0 Å². The molecule has 63 heavy (non-hydrogen) atoms. The second-order valence-corrected chi connectivity index (χ2v) is 18.5. The van der Waals surface area contributed by atoms with E-state index in [0.717, 1.165) is 65.4 Å². The van der Waals surface area contributed by atoms with Gasteiger partial charge in [-0.3, -0.25) is 9.98 Å². The maximum absolute atomic E-state index is 5.93. The number of aliphatic imine (C=N–C) groups is 1. The maximum Gasteiger partial charge on any atom is 0.0962 e. The molecule has 0 saturated carbocycles. The van der Waals surface area contributed by atoms with Crippen LogP contribution in [-0.4, -0.2) is 21.8 Å². The molecule has 6 aromatic carbocycles. The highest BCUT2D eigenvalue weighted by Gasteiger charge is 2.43. The Hall–Kier alpha value is -6.98. The molecule has 4 aliphatic rings.